The average Bonchev–Trinajstić information content (AvgIpc) is 2.47. The number of aliphatic imine (C=N–C) groups is 1. The molecule has 2 amide bonds. The van der Waals surface area contributed by atoms with E-state index < -0.39 is 17.2 Å². The van der Waals surface area contributed by atoms with E-state index in [-0.39, 0.29) is 36.4 Å². The number of nitrogens with zero attached hydrogens (tertiary/aromatic N) is 1. The number of alkyl carbamates (subject to hydrolysis) is 1. The van der Waals surface area contributed by atoms with Crippen molar-refractivity contribution in [2.24, 2.45) is 4.99 Å². The summed E-state index contributed by atoms with van der Waals surface area (Å²) >= 11 is 0. The number of rotatable bonds is 9. The van der Waals surface area contributed by atoms with Crippen molar-refractivity contribution >= 4 is 41.9 Å². The Kier molecular flexibility index (Phi) is 14.3. The molecule has 0 saturated heterocycles. The molecule has 0 aromatic carbocycles. The molecule has 0 fully saturated rings. The number of guanidine groups is 1. The van der Waals surface area contributed by atoms with Crippen molar-refractivity contribution in [1.29, 1.82) is 0 Å². The van der Waals surface area contributed by atoms with Crippen molar-refractivity contribution in [2.75, 3.05) is 39.9 Å². The summed E-state index contributed by atoms with van der Waals surface area (Å²) in [5, 5.41) is 11.7. The van der Waals surface area contributed by atoms with Crippen LogP contribution in [0.1, 0.15) is 41.5 Å². The second-order valence-electron chi connectivity index (χ2n) is 7.40. The third kappa shape index (κ3) is 16.6. The topological polar surface area (TPSA) is 113 Å². The third-order valence-electron chi connectivity index (χ3n) is 2.89. The summed E-state index contributed by atoms with van der Waals surface area (Å²) in [4.78, 5) is 27.8. The van der Waals surface area contributed by atoms with Crippen molar-refractivity contribution in [2.45, 2.75) is 52.7 Å². The van der Waals surface area contributed by atoms with Gasteiger partial charge in [0, 0.05) is 26.7 Å². The van der Waals surface area contributed by atoms with Gasteiger partial charge in [0.05, 0.1) is 12.1 Å². The van der Waals surface area contributed by atoms with Crippen LogP contribution in [-0.4, -0.2) is 69.0 Å². The second-order valence-corrected chi connectivity index (χ2v) is 7.40. The highest BCUT2D eigenvalue weighted by molar-refractivity contribution is 14.0. The molecule has 0 aliphatic heterocycles. The van der Waals surface area contributed by atoms with Crippen LogP contribution in [0.2, 0.25) is 0 Å². The molecule has 0 radical (unpaired) electrons. The van der Waals surface area contributed by atoms with Crippen LogP contribution in [0.25, 0.3) is 0 Å². The fraction of sp³-hybridized carbons (Fsp3) is 0.824. The van der Waals surface area contributed by atoms with Gasteiger partial charge in [-0.1, -0.05) is 0 Å². The summed E-state index contributed by atoms with van der Waals surface area (Å²) in [6.45, 7) is 13.1. The first-order valence-electron chi connectivity index (χ1n) is 8.78. The Morgan fingerprint density at radius 3 is 2.19 bits per heavy atom. The summed E-state index contributed by atoms with van der Waals surface area (Å²) < 4.78 is 10.1. The molecule has 160 valence electrons. The number of methoxy groups -OCH3 is 1. The Morgan fingerprint density at radius 2 is 1.67 bits per heavy atom. The Hall–Kier alpha value is -1.30. The predicted octanol–water partition coefficient (Wildman–Crippen LogP) is 1.23. The molecule has 0 bridgehead atoms. The van der Waals surface area contributed by atoms with Crippen LogP contribution in [0, 0.1) is 0 Å². The van der Waals surface area contributed by atoms with E-state index in [0.717, 1.165) is 0 Å². The van der Waals surface area contributed by atoms with Crippen molar-refractivity contribution in [3.63, 3.8) is 0 Å². The van der Waals surface area contributed by atoms with Gasteiger partial charge in [0.25, 0.3) is 0 Å². The highest BCUT2D eigenvalue weighted by Gasteiger charge is 2.24. The molecule has 0 aliphatic rings. The molecule has 0 spiro atoms. The molecular weight excluding hydrogens is 465 g/mol. The van der Waals surface area contributed by atoms with Gasteiger partial charge in [-0.05, 0) is 41.5 Å². The smallest absolute Gasteiger partial charge is 0.408 e. The van der Waals surface area contributed by atoms with Crippen LogP contribution < -0.4 is 21.3 Å². The lowest BCUT2D eigenvalue weighted by atomic mass is 10.1. The number of ether oxygens (including phenoxy) is 2. The van der Waals surface area contributed by atoms with E-state index in [2.05, 4.69) is 26.3 Å². The van der Waals surface area contributed by atoms with Crippen molar-refractivity contribution < 1.29 is 19.1 Å². The van der Waals surface area contributed by atoms with Gasteiger partial charge in [-0.15, -0.1) is 24.0 Å². The van der Waals surface area contributed by atoms with Crippen LogP contribution in [0.3, 0.4) is 0 Å². The molecule has 27 heavy (non-hydrogen) atoms. The van der Waals surface area contributed by atoms with Crippen LogP contribution in [-0.2, 0) is 14.3 Å². The lowest BCUT2D eigenvalue weighted by Crippen LogP contribution is -2.54. The molecule has 0 saturated carbocycles. The molecule has 0 aliphatic carbocycles. The number of hydrogen-bond donors (Lipinski definition) is 4. The third-order valence-corrected chi connectivity index (χ3v) is 2.89. The monoisotopic (exact) mass is 501 g/mol. The molecule has 0 rings (SSSR count). The van der Waals surface area contributed by atoms with Crippen molar-refractivity contribution in [1.82, 2.24) is 21.3 Å². The van der Waals surface area contributed by atoms with Gasteiger partial charge in [0.15, 0.2) is 5.96 Å². The summed E-state index contributed by atoms with van der Waals surface area (Å²) in [7, 11) is 1.57. The van der Waals surface area contributed by atoms with E-state index in [1.54, 1.807) is 7.11 Å². The zero-order valence-corrected chi connectivity index (χ0v) is 19.9. The number of carbonyl (C=O) groups is 2. The van der Waals surface area contributed by atoms with Gasteiger partial charge in [0.1, 0.15) is 12.1 Å². The Bertz CT molecular complexity index is 478. The summed E-state index contributed by atoms with van der Waals surface area (Å²) in [6.07, 6.45) is -0.483. The number of carbonyl (C=O) groups excluding carboxylic acids is 2. The number of nitrogens with one attached hydrogen (secondary N) is 4. The van der Waals surface area contributed by atoms with Crippen molar-refractivity contribution in [3.8, 4) is 0 Å². The highest BCUT2D eigenvalue weighted by atomic mass is 127. The fourth-order valence-electron chi connectivity index (χ4n) is 1.77. The largest absolute Gasteiger partial charge is 0.444 e. The van der Waals surface area contributed by atoms with Crippen LogP contribution in [0.15, 0.2) is 4.99 Å². The first-order valence-corrected chi connectivity index (χ1v) is 8.78. The lowest BCUT2D eigenvalue weighted by molar-refractivity contribution is -0.119. The van der Waals surface area contributed by atoms with Gasteiger partial charge in [0.2, 0.25) is 5.91 Å². The summed E-state index contributed by atoms with van der Waals surface area (Å²) in [5.41, 5.74) is -1.13. The SMILES string of the molecule is CCNC(=NCC(=O)NCCOC)NCC(C)(C)NC(=O)OC(C)(C)C.I. The van der Waals surface area contributed by atoms with Gasteiger partial charge < -0.3 is 30.7 Å². The maximum Gasteiger partial charge on any atom is 0.408 e. The Balaban J connectivity index is 0. The molecule has 0 unspecified atom stereocenters. The predicted molar refractivity (Wildman–Crippen MR) is 118 cm³/mol. The zero-order valence-electron chi connectivity index (χ0n) is 17.5. The van der Waals surface area contributed by atoms with E-state index in [9.17, 15) is 9.59 Å². The molecule has 0 aromatic heterocycles. The lowest BCUT2D eigenvalue weighted by Gasteiger charge is -2.29. The maximum atomic E-state index is 11.9. The second kappa shape index (κ2) is 13.8. The van der Waals surface area contributed by atoms with E-state index in [1.807, 2.05) is 41.5 Å². The number of halogens is 1. The van der Waals surface area contributed by atoms with Crippen LogP contribution >= 0.6 is 24.0 Å². The van der Waals surface area contributed by atoms with Gasteiger partial charge in [-0.25, -0.2) is 9.79 Å². The fourth-order valence-corrected chi connectivity index (χ4v) is 1.77. The van der Waals surface area contributed by atoms with E-state index in [4.69, 9.17) is 9.47 Å². The van der Waals surface area contributed by atoms with Crippen LogP contribution in [0.5, 0.6) is 0 Å². The average molecular weight is 501 g/mol. The van der Waals surface area contributed by atoms with E-state index >= 15 is 0 Å². The standard InChI is InChI=1S/C17H35N5O4.HI/c1-8-18-14(20-11-13(23)19-9-10-25-7)21-12-17(5,6)22-15(24)26-16(2,3)4;/h8-12H2,1-7H3,(H,19,23)(H,22,24)(H2,18,20,21);1H. The summed E-state index contributed by atoms with van der Waals surface area (Å²) in [6, 6.07) is 0. The zero-order chi connectivity index (χ0) is 20.2. The quantitative estimate of drug-likeness (QED) is 0.164. The molecule has 10 heteroatoms. The highest BCUT2D eigenvalue weighted by Crippen LogP contribution is 2.09. The van der Waals surface area contributed by atoms with E-state index in [1.165, 1.54) is 0 Å². The Morgan fingerprint density at radius 1 is 1.04 bits per heavy atom. The van der Waals surface area contributed by atoms with Crippen LogP contribution in [0.4, 0.5) is 4.79 Å². The minimum Gasteiger partial charge on any atom is -0.444 e. The van der Waals surface area contributed by atoms with Crippen molar-refractivity contribution in [3.05, 3.63) is 0 Å². The molecule has 4 N–H and O–H groups in total. The first-order chi connectivity index (χ1) is 12.0. The normalized spacial score (nSPS) is 11.9. The molecule has 0 aromatic rings. The molecular formula is C17H36IN5O4. The number of amides is 2. The maximum absolute atomic E-state index is 11.9. The van der Waals surface area contributed by atoms with E-state index in [0.29, 0.717) is 32.2 Å². The Labute approximate surface area is 179 Å². The molecule has 9 nitrogen and oxygen atoms in total. The van der Waals surface area contributed by atoms with Gasteiger partial charge in [-0.2, -0.15) is 0 Å². The van der Waals surface area contributed by atoms with Gasteiger partial charge in [-0.3, -0.25) is 4.79 Å². The molecule has 0 heterocycles. The first kappa shape index (κ1) is 27.9. The number of hydrogen-bond acceptors (Lipinski definition) is 5. The minimum absolute atomic E-state index is 0. The molecule has 0 atom stereocenters. The van der Waals surface area contributed by atoms with Gasteiger partial charge >= 0.3 is 6.09 Å². The minimum atomic E-state index is -0.570. The summed E-state index contributed by atoms with van der Waals surface area (Å²) in [5.74, 6) is 0.304.